The van der Waals surface area contributed by atoms with Gasteiger partial charge in [-0.3, -0.25) is 18.6 Å². The molecular weight excluding hydrogens is 721 g/mol. The number of phosphoric ester groups is 1. The number of rotatable bonds is 34. The third-order valence-corrected chi connectivity index (χ3v) is 9.89. The van der Waals surface area contributed by atoms with Crippen molar-refractivity contribution in [3.05, 3.63) is 71.3 Å². The third kappa shape index (κ3) is 27.5. The molecule has 0 fully saturated rings. The summed E-state index contributed by atoms with van der Waals surface area (Å²) >= 11 is 0. The van der Waals surface area contributed by atoms with Gasteiger partial charge in [-0.15, -0.1) is 0 Å². The maximum Gasteiger partial charge on any atom is 0.472 e. The molecule has 1 rings (SSSR count). The predicted molar refractivity (Wildman–Crippen MR) is 220 cm³/mol. The molecule has 0 aliphatic heterocycles. The zero-order valence-corrected chi connectivity index (χ0v) is 35.1. The number of furan rings is 1. The first kappa shape index (κ1) is 50.2. The van der Waals surface area contributed by atoms with E-state index in [-0.39, 0.29) is 38.7 Å². The molecule has 1 aromatic rings. The first-order chi connectivity index (χ1) is 26.5. The number of allylic oxidation sites excluding steroid dienone is 8. The van der Waals surface area contributed by atoms with E-state index in [1.54, 1.807) is 0 Å². The lowest BCUT2D eigenvalue weighted by atomic mass is 10.0. The number of aliphatic hydroxyl groups excluding tert-OH is 1. The molecule has 0 aromatic carbocycles. The zero-order chi connectivity index (χ0) is 40.6. The summed E-state index contributed by atoms with van der Waals surface area (Å²) < 4.78 is 38.8. The number of ether oxygens (including phenoxy) is 2. The summed E-state index contributed by atoms with van der Waals surface area (Å²) in [6, 6.07) is 0. The number of carbonyl (C=O) groups excluding carboxylic acids is 2. The Hall–Kier alpha value is -2.79. The Morgan fingerprint density at radius 1 is 0.745 bits per heavy atom. The number of unbranched alkanes of at least 4 members (excludes halogenated alkanes) is 7. The van der Waals surface area contributed by atoms with Crippen molar-refractivity contribution >= 4 is 19.8 Å². The molecule has 0 bridgehead atoms. The molecule has 12 heteroatoms. The largest absolute Gasteiger partial charge is 0.472 e. The van der Waals surface area contributed by atoms with Crippen LogP contribution in [0.4, 0.5) is 0 Å². The van der Waals surface area contributed by atoms with Gasteiger partial charge in [0, 0.05) is 32.2 Å². The maximum atomic E-state index is 12.6. The van der Waals surface area contributed by atoms with Gasteiger partial charge in [0.1, 0.15) is 18.1 Å². The van der Waals surface area contributed by atoms with Crippen LogP contribution in [0.1, 0.15) is 146 Å². The lowest BCUT2D eigenvalue weighted by Gasteiger charge is -2.19. The van der Waals surface area contributed by atoms with Crippen molar-refractivity contribution in [1.82, 2.24) is 0 Å². The van der Waals surface area contributed by atoms with Crippen molar-refractivity contribution in [1.29, 1.82) is 0 Å². The average Bonchev–Trinajstić information content (AvgIpc) is 3.41. The van der Waals surface area contributed by atoms with E-state index in [9.17, 15) is 24.2 Å². The highest BCUT2D eigenvalue weighted by atomic mass is 31.2. The van der Waals surface area contributed by atoms with Crippen LogP contribution in [0.3, 0.4) is 0 Å². The van der Waals surface area contributed by atoms with Crippen molar-refractivity contribution in [2.24, 2.45) is 5.73 Å². The van der Waals surface area contributed by atoms with Crippen LogP contribution in [-0.4, -0.2) is 60.5 Å². The number of esters is 2. The van der Waals surface area contributed by atoms with E-state index in [1.807, 2.05) is 19.1 Å². The van der Waals surface area contributed by atoms with Crippen LogP contribution in [-0.2, 0) is 45.5 Å². The van der Waals surface area contributed by atoms with Gasteiger partial charge in [0.2, 0.25) is 0 Å². The van der Waals surface area contributed by atoms with Gasteiger partial charge in [-0.05, 0) is 103 Å². The van der Waals surface area contributed by atoms with E-state index >= 15 is 0 Å². The summed E-state index contributed by atoms with van der Waals surface area (Å²) in [7, 11) is -4.41. The number of nitrogens with two attached hydrogens (primary N) is 1. The monoisotopic (exact) mass is 793 g/mol. The number of hydrogen-bond donors (Lipinski definition) is 3. The molecule has 314 valence electrons. The number of aliphatic hydroxyl groups is 1. The van der Waals surface area contributed by atoms with Crippen LogP contribution in [0.25, 0.3) is 0 Å². The highest BCUT2D eigenvalue weighted by molar-refractivity contribution is 7.47. The third-order valence-electron chi connectivity index (χ3n) is 8.91. The van der Waals surface area contributed by atoms with E-state index in [1.165, 1.54) is 11.1 Å². The van der Waals surface area contributed by atoms with Gasteiger partial charge in [-0.1, -0.05) is 81.2 Å². The van der Waals surface area contributed by atoms with E-state index in [4.69, 9.17) is 28.7 Å². The Morgan fingerprint density at radius 3 is 1.89 bits per heavy atom. The topological polar surface area (TPSA) is 168 Å². The molecular formula is C43H72NO10P. The molecule has 1 unspecified atom stereocenters. The summed E-state index contributed by atoms with van der Waals surface area (Å²) in [5, 5.41) is 9.26. The highest BCUT2D eigenvalue weighted by Crippen LogP contribution is 2.43. The lowest BCUT2D eigenvalue weighted by molar-refractivity contribution is -0.161. The number of hydrogen-bond acceptors (Lipinski definition) is 10. The van der Waals surface area contributed by atoms with Gasteiger partial charge in [0.05, 0.1) is 19.3 Å². The fraction of sp³-hybridized carbons (Fsp3) is 0.674. The van der Waals surface area contributed by atoms with Crippen molar-refractivity contribution in [2.75, 3.05) is 26.4 Å². The molecule has 0 spiro atoms. The van der Waals surface area contributed by atoms with Crippen LogP contribution >= 0.6 is 7.82 Å². The molecule has 0 amide bonds. The van der Waals surface area contributed by atoms with Crippen LogP contribution in [0.2, 0.25) is 0 Å². The molecule has 1 heterocycles. The molecule has 0 radical (unpaired) electrons. The fourth-order valence-electron chi connectivity index (χ4n) is 5.63. The molecule has 55 heavy (non-hydrogen) atoms. The van der Waals surface area contributed by atoms with Gasteiger partial charge >= 0.3 is 19.8 Å². The van der Waals surface area contributed by atoms with Gasteiger partial charge in [-0.2, -0.15) is 0 Å². The van der Waals surface area contributed by atoms with E-state index in [0.717, 1.165) is 101 Å². The SMILES string of the molecule is CCCc1oc(CCCCCCCCC(=O)OC[C@H](COP(=O)(O)OCCN)OC(=O)CCC/C=C\C/C=C\C/C=C\C/C=C\CCC[C@H](C)O)c(C)c1C. The van der Waals surface area contributed by atoms with Gasteiger partial charge in [0.15, 0.2) is 6.10 Å². The minimum atomic E-state index is -4.41. The summed E-state index contributed by atoms with van der Waals surface area (Å²) in [6.07, 6.45) is 31.4. The Balaban J connectivity index is 2.32. The Morgan fingerprint density at radius 2 is 1.29 bits per heavy atom. The van der Waals surface area contributed by atoms with E-state index in [2.05, 4.69) is 57.2 Å². The first-order valence-electron chi connectivity index (χ1n) is 20.5. The number of carbonyl (C=O) groups is 2. The molecule has 0 aliphatic carbocycles. The molecule has 0 aliphatic rings. The molecule has 3 atom stereocenters. The van der Waals surface area contributed by atoms with Crippen LogP contribution in [0.5, 0.6) is 0 Å². The van der Waals surface area contributed by atoms with E-state index < -0.39 is 32.5 Å². The minimum absolute atomic E-state index is 0.0298. The average molecular weight is 794 g/mol. The summed E-state index contributed by atoms with van der Waals surface area (Å²) in [5.41, 5.74) is 7.90. The van der Waals surface area contributed by atoms with Gasteiger partial charge < -0.3 is 29.6 Å². The number of phosphoric acid groups is 1. The normalized spacial score (nSPS) is 14.4. The van der Waals surface area contributed by atoms with Crippen molar-refractivity contribution in [3.63, 3.8) is 0 Å². The minimum Gasteiger partial charge on any atom is -0.466 e. The molecule has 1 aromatic heterocycles. The highest BCUT2D eigenvalue weighted by Gasteiger charge is 2.26. The molecule has 0 saturated heterocycles. The first-order valence-corrected chi connectivity index (χ1v) is 22.0. The Bertz CT molecular complexity index is 1330. The van der Waals surface area contributed by atoms with Crippen molar-refractivity contribution in [3.8, 4) is 0 Å². The summed E-state index contributed by atoms with van der Waals surface area (Å²) in [4.78, 5) is 34.9. The van der Waals surface area contributed by atoms with E-state index in [0.29, 0.717) is 19.3 Å². The lowest BCUT2D eigenvalue weighted by Crippen LogP contribution is -2.29. The Kier molecular flexibility index (Phi) is 29.5. The van der Waals surface area contributed by atoms with Crippen molar-refractivity contribution in [2.45, 2.75) is 162 Å². The smallest absolute Gasteiger partial charge is 0.466 e. The second-order valence-electron chi connectivity index (χ2n) is 14.0. The standard InChI is InChI=1S/C43H72NO10P/c1-5-27-40-37(3)38(4)41(54-40)29-24-20-17-18-21-25-30-42(46)50-34-39(35-52-55(48,49)51-33-32-44)53-43(47)31-26-22-16-14-12-10-8-6-7-9-11-13-15-19-23-28-36(2)45/h7-10,13-16,36,39,45H,5-6,11-12,17-35,44H2,1-4H3,(H,48,49)/b9-7-,10-8-,15-13-,16-14-/t36-,39+/m0/s1. The van der Waals surface area contributed by atoms with Gasteiger partial charge in [-0.25, -0.2) is 4.57 Å². The summed E-state index contributed by atoms with van der Waals surface area (Å²) in [5.74, 6) is 1.28. The zero-order valence-electron chi connectivity index (χ0n) is 34.2. The fourth-order valence-corrected chi connectivity index (χ4v) is 6.40. The second kappa shape index (κ2) is 32.3. The Labute approximate surface area is 331 Å². The molecule has 0 saturated carbocycles. The quantitative estimate of drug-likeness (QED) is 0.0263. The molecule has 11 nitrogen and oxygen atoms in total. The van der Waals surface area contributed by atoms with Crippen LogP contribution in [0.15, 0.2) is 53.0 Å². The van der Waals surface area contributed by atoms with Crippen LogP contribution in [0, 0.1) is 13.8 Å². The van der Waals surface area contributed by atoms with Crippen LogP contribution < -0.4 is 5.73 Å². The van der Waals surface area contributed by atoms with Crippen molar-refractivity contribution < 1.29 is 47.1 Å². The van der Waals surface area contributed by atoms with Gasteiger partial charge in [0.25, 0.3) is 0 Å². The number of aryl methyl sites for hydroxylation is 2. The second-order valence-corrected chi connectivity index (χ2v) is 15.5. The maximum absolute atomic E-state index is 12.6. The predicted octanol–water partition coefficient (Wildman–Crippen LogP) is 9.79. The summed E-state index contributed by atoms with van der Waals surface area (Å²) in [6.45, 7) is 7.34. The molecule has 4 N–H and O–H groups in total.